The van der Waals surface area contributed by atoms with Crippen LogP contribution in [0.3, 0.4) is 0 Å². The van der Waals surface area contributed by atoms with Crippen molar-refractivity contribution in [2.75, 3.05) is 19.6 Å². The van der Waals surface area contributed by atoms with Crippen LogP contribution in [-0.2, 0) is 4.79 Å². The second kappa shape index (κ2) is 8.63. The highest BCUT2D eigenvalue weighted by Crippen LogP contribution is 2.19. The van der Waals surface area contributed by atoms with Crippen molar-refractivity contribution >= 4 is 5.97 Å². The molecule has 4 nitrogen and oxygen atoms in total. The monoisotopic (exact) mass is 286 g/mol. The largest absolute Gasteiger partial charge is 0.480 e. The van der Waals surface area contributed by atoms with Gasteiger partial charge in [-0.25, -0.2) is 0 Å². The van der Waals surface area contributed by atoms with Crippen molar-refractivity contribution in [1.29, 1.82) is 0 Å². The lowest BCUT2D eigenvalue weighted by molar-refractivity contribution is -0.145. The van der Waals surface area contributed by atoms with E-state index in [0.29, 0.717) is 24.8 Å². The van der Waals surface area contributed by atoms with Gasteiger partial charge in [0.05, 0.1) is 0 Å². The highest BCUT2D eigenvalue weighted by Gasteiger charge is 2.35. The predicted octanol–water partition coefficient (Wildman–Crippen LogP) is 2.83. The van der Waals surface area contributed by atoms with E-state index >= 15 is 0 Å². The van der Waals surface area contributed by atoms with Crippen LogP contribution in [0.15, 0.2) is 0 Å². The number of hydrogen-bond acceptors (Lipinski definition) is 3. The molecule has 0 aliphatic heterocycles. The van der Waals surface area contributed by atoms with Crippen molar-refractivity contribution in [2.45, 2.75) is 66.5 Å². The molecule has 0 fully saturated rings. The number of carboxylic acid groups (broad SMARTS) is 1. The average Bonchev–Trinajstić information content (AvgIpc) is 2.26. The SMILES string of the molecule is CCNC(C)(CC(C)N(CC(C)C)CC(C)C)C(=O)O. The summed E-state index contributed by atoms with van der Waals surface area (Å²) in [6, 6.07) is 0.250. The highest BCUT2D eigenvalue weighted by atomic mass is 16.4. The van der Waals surface area contributed by atoms with Gasteiger partial charge in [0.15, 0.2) is 0 Å². The third-order valence-electron chi connectivity index (χ3n) is 3.57. The summed E-state index contributed by atoms with van der Waals surface area (Å²) >= 11 is 0. The molecule has 0 bridgehead atoms. The zero-order valence-electron chi connectivity index (χ0n) is 14.4. The fraction of sp³-hybridized carbons (Fsp3) is 0.938. The second-order valence-electron chi connectivity index (χ2n) is 6.96. The summed E-state index contributed by atoms with van der Waals surface area (Å²) in [5, 5.41) is 12.6. The summed E-state index contributed by atoms with van der Waals surface area (Å²) in [6.07, 6.45) is 0.621. The van der Waals surface area contributed by atoms with Crippen LogP contribution in [-0.4, -0.2) is 47.2 Å². The Morgan fingerprint density at radius 3 is 1.90 bits per heavy atom. The summed E-state index contributed by atoms with van der Waals surface area (Å²) < 4.78 is 0. The van der Waals surface area contributed by atoms with Gasteiger partial charge >= 0.3 is 5.97 Å². The lowest BCUT2D eigenvalue weighted by Gasteiger charge is -2.37. The van der Waals surface area contributed by atoms with Crippen molar-refractivity contribution < 1.29 is 9.90 Å². The van der Waals surface area contributed by atoms with Gasteiger partial charge in [-0.3, -0.25) is 4.79 Å². The van der Waals surface area contributed by atoms with Crippen molar-refractivity contribution in [3.05, 3.63) is 0 Å². The lowest BCUT2D eigenvalue weighted by Crippen LogP contribution is -2.54. The molecule has 0 spiro atoms. The first kappa shape index (κ1) is 19.4. The molecule has 0 aliphatic carbocycles. The van der Waals surface area contributed by atoms with E-state index < -0.39 is 11.5 Å². The van der Waals surface area contributed by atoms with E-state index in [2.05, 4.69) is 44.8 Å². The van der Waals surface area contributed by atoms with Crippen molar-refractivity contribution in [1.82, 2.24) is 10.2 Å². The van der Waals surface area contributed by atoms with Gasteiger partial charge in [-0.1, -0.05) is 34.6 Å². The Kier molecular flexibility index (Phi) is 8.36. The number of nitrogens with one attached hydrogen (secondary N) is 1. The van der Waals surface area contributed by atoms with Gasteiger partial charge in [0, 0.05) is 19.1 Å². The Labute approximate surface area is 124 Å². The topological polar surface area (TPSA) is 52.6 Å². The lowest BCUT2D eigenvalue weighted by atomic mass is 9.92. The standard InChI is InChI=1S/C16H34N2O2/c1-8-17-16(7,15(19)20)9-14(6)18(10-12(2)3)11-13(4)5/h12-14,17H,8-11H2,1-7H3,(H,19,20). The molecule has 0 saturated carbocycles. The van der Waals surface area contributed by atoms with Crippen molar-refractivity contribution in [3.63, 3.8) is 0 Å². The average molecular weight is 286 g/mol. The molecule has 0 radical (unpaired) electrons. The van der Waals surface area contributed by atoms with Crippen LogP contribution in [0, 0.1) is 11.8 Å². The molecular weight excluding hydrogens is 252 g/mol. The van der Waals surface area contributed by atoms with E-state index in [4.69, 9.17) is 0 Å². The van der Waals surface area contributed by atoms with Crippen molar-refractivity contribution in [2.24, 2.45) is 11.8 Å². The van der Waals surface area contributed by atoms with Crippen LogP contribution in [0.2, 0.25) is 0 Å². The molecule has 120 valence electrons. The van der Waals surface area contributed by atoms with E-state index in [9.17, 15) is 9.90 Å². The summed E-state index contributed by atoms with van der Waals surface area (Å²) in [6.45, 7) is 17.4. The molecule has 0 aromatic rings. The highest BCUT2D eigenvalue weighted by molar-refractivity contribution is 5.78. The van der Waals surface area contributed by atoms with Gasteiger partial charge < -0.3 is 15.3 Å². The maximum absolute atomic E-state index is 11.5. The summed E-state index contributed by atoms with van der Waals surface area (Å²) in [7, 11) is 0. The van der Waals surface area contributed by atoms with Crippen LogP contribution in [0.5, 0.6) is 0 Å². The Hall–Kier alpha value is -0.610. The Morgan fingerprint density at radius 1 is 1.15 bits per heavy atom. The normalized spacial score (nSPS) is 16.7. The Morgan fingerprint density at radius 2 is 1.60 bits per heavy atom. The number of rotatable bonds is 10. The number of aliphatic carboxylic acids is 1. The van der Waals surface area contributed by atoms with Gasteiger partial charge in [-0.2, -0.15) is 0 Å². The molecule has 2 unspecified atom stereocenters. The smallest absolute Gasteiger partial charge is 0.323 e. The van der Waals surface area contributed by atoms with Gasteiger partial charge in [0.2, 0.25) is 0 Å². The number of hydrogen-bond donors (Lipinski definition) is 2. The third-order valence-corrected chi connectivity index (χ3v) is 3.57. The van der Waals surface area contributed by atoms with Crippen LogP contribution < -0.4 is 5.32 Å². The molecule has 20 heavy (non-hydrogen) atoms. The Bertz CT molecular complexity index is 282. The first-order valence-electron chi connectivity index (χ1n) is 7.84. The fourth-order valence-electron chi connectivity index (χ4n) is 2.72. The molecule has 2 atom stereocenters. The molecule has 4 heteroatoms. The van der Waals surface area contributed by atoms with Crippen LogP contribution in [0.4, 0.5) is 0 Å². The summed E-state index contributed by atoms with van der Waals surface area (Å²) in [5.74, 6) is 0.415. The Balaban J connectivity index is 4.86. The van der Waals surface area contributed by atoms with Gasteiger partial charge in [0.25, 0.3) is 0 Å². The molecular formula is C16H34N2O2. The van der Waals surface area contributed by atoms with Crippen molar-refractivity contribution in [3.8, 4) is 0 Å². The van der Waals surface area contributed by atoms with E-state index in [-0.39, 0.29) is 6.04 Å². The molecule has 0 aromatic heterocycles. The first-order chi connectivity index (χ1) is 9.12. The van der Waals surface area contributed by atoms with E-state index in [1.165, 1.54) is 0 Å². The third kappa shape index (κ3) is 6.71. The second-order valence-corrected chi connectivity index (χ2v) is 6.96. The summed E-state index contributed by atoms with van der Waals surface area (Å²) in [5.41, 5.74) is -0.847. The minimum atomic E-state index is -0.847. The molecule has 0 aliphatic rings. The minimum Gasteiger partial charge on any atom is -0.480 e. The zero-order valence-corrected chi connectivity index (χ0v) is 14.4. The van der Waals surface area contributed by atoms with Crippen LogP contribution >= 0.6 is 0 Å². The van der Waals surface area contributed by atoms with Gasteiger partial charge in [-0.15, -0.1) is 0 Å². The van der Waals surface area contributed by atoms with E-state index in [1.807, 2.05) is 6.92 Å². The van der Waals surface area contributed by atoms with Gasteiger partial charge in [0.1, 0.15) is 5.54 Å². The van der Waals surface area contributed by atoms with E-state index in [1.54, 1.807) is 6.92 Å². The molecule has 2 N–H and O–H groups in total. The summed E-state index contributed by atoms with van der Waals surface area (Å²) in [4.78, 5) is 14.0. The number of carbonyl (C=O) groups is 1. The van der Waals surface area contributed by atoms with Gasteiger partial charge in [-0.05, 0) is 38.6 Å². The minimum absolute atomic E-state index is 0.250. The van der Waals surface area contributed by atoms with Crippen LogP contribution in [0.25, 0.3) is 0 Å². The maximum atomic E-state index is 11.5. The number of likely N-dealkylation sites (N-methyl/N-ethyl adjacent to an activating group) is 1. The first-order valence-corrected chi connectivity index (χ1v) is 7.84. The van der Waals surface area contributed by atoms with Crippen LogP contribution in [0.1, 0.15) is 54.9 Å². The van der Waals surface area contributed by atoms with E-state index in [0.717, 1.165) is 13.1 Å². The molecule has 0 rings (SSSR count). The quantitative estimate of drug-likeness (QED) is 0.648. The fourth-order valence-corrected chi connectivity index (χ4v) is 2.72. The maximum Gasteiger partial charge on any atom is 0.323 e. The molecule has 0 amide bonds. The molecule has 0 saturated heterocycles. The zero-order chi connectivity index (χ0) is 15.9. The number of carboxylic acids is 1. The number of nitrogens with zero attached hydrogens (tertiary/aromatic N) is 1. The molecule has 0 heterocycles. The molecule has 0 aromatic carbocycles. The predicted molar refractivity (Wildman–Crippen MR) is 85.0 cm³/mol.